The van der Waals surface area contributed by atoms with Gasteiger partial charge in [0.15, 0.2) is 6.61 Å². The van der Waals surface area contributed by atoms with Crippen molar-refractivity contribution in [3.63, 3.8) is 0 Å². The number of anilines is 1. The van der Waals surface area contributed by atoms with Crippen molar-refractivity contribution in [1.82, 2.24) is 10.2 Å². The number of nitrogens with zero attached hydrogens (tertiary/aromatic N) is 2. The molecule has 2 aliphatic rings. The molecule has 35 heavy (non-hydrogen) atoms. The minimum atomic E-state index is -4.31. The van der Waals surface area contributed by atoms with Crippen molar-refractivity contribution in [3.8, 4) is 5.75 Å². The van der Waals surface area contributed by atoms with Crippen molar-refractivity contribution in [2.75, 3.05) is 44.2 Å². The van der Waals surface area contributed by atoms with Crippen molar-refractivity contribution >= 4 is 11.6 Å². The summed E-state index contributed by atoms with van der Waals surface area (Å²) in [6.07, 6.45) is 1.01. The maximum atomic E-state index is 13.0. The number of benzene rings is 2. The highest BCUT2D eigenvalue weighted by atomic mass is 19.4. The largest absolute Gasteiger partial charge is 0.484 e. The van der Waals surface area contributed by atoms with Crippen LogP contribution < -0.4 is 15.0 Å². The second-order valence-corrected chi connectivity index (χ2v) is 9.55. The van der Waals surface area contributed by atoms with Crippen LogP contribution in [0.2, 0.25) is 0 Å². The second-order valence-electron chi connectivity index (χ2n) is 9.55. The molecule has 2 aromatic rings. The number of alkyl halides is 3. The lowest BCUT2D eigenvalue weighted by atomic mass is 9.84. The third kappa shape index (κ3) is 7.62. The molecule has 1 aliphatic heterocycles. The molecule has 0 unspecified atom stereocenters. The fourth-order valence-corrected chi connectivity index (χ4v) is 5.00. The number of piperazine rings is 1. The first-order valence-electron chi connectivity index (χ1n) is 12.5. The van der Waals surface area contributed by atoms with E-state index in [0.717, 1.165) is 70.9 Å². The van der Waals surface area contributed by atoms with Gasteiger partial charge in [0.25, 0.3) is 5.91 Å². The third-order valence-corrected chi connectivity index (χ3v) is 7.09. The minimum Gasteiger partial charge on any atom is -0.484 e. The summed E-state index contributed by atoms with van der Waals surface area (Å²) < 4.78 is 44.5. The molecule has 5 nitrogen and oxygen atoms in total. The topological polar surface area (TPSA) is 44.8 Å². The van der Waals surface area contributed by atoms with Crippen molar-refractivity contribution in [3.05, 3.63) is 60.2 Å². The molecule has 190 valence electrons. The predicted octanol–water partition coefficient (Wildman–Crippen LogP) is 4.97. The molecule has 8 heteroatoms. The SMILES string of the molecule is O=C(COc1ccccc1)NC1CCC(CCN2CCN(c3cccc(C(F)(F)F)c3)CC2)CC1. The highest BCUT2D eigenvalue weighted by Gasteiger charge is 2.31. The molecule has 0 radical (unpaired) electrons. The van der Waals surface area contributed by atoms with Crippen molar-refractivity contribution in [2.24, 2.45) is 5.92 Å². The number of hydrogen-bond donors (Lipinski definition) is 1. The molecule has 2 fully saturated rings. The Morgan fingerprint density at radius 3 is 2.34 bits per heavy atom. The number of amides is 1. The van der Waals surface area contributed by atoms with Crippen LogP contribution in [0.4, 0.5) is 18.9 Å². The summed E-state index contributed by atoms with van der Waals surface area (Å²) in [5.41, 5.74) is 0.0574. The number of carbonyl (C=O) groups is 1. The zero-order chi connectivity index (χ0) is 24.7. The fourth-order valence-electron chi connectivity index (χ4n) is 5.00. The first kappa shape index (κ1) is 25.4. The van der Waals surface area contributed by atoms with E-state index in [1.807, 2.05) is 35.2 Å². The lowest BCUT2D eigenvalue weighted by Gasteiger charge is -2.37. The summed E-state index contributed by atoms with van der Waals surface area (Å²) in [5.74, 6) is 1.28. The molecule has 2 aromatic carbocycles. The quantitative estimate of drug-likeness (QED) is 0.569. The average molecular weight is 490 g/mol. The average Bonchev–Trinajstić information content (AvgIpc) is 2.88. The van der Waals surface area contributed by atoms with E-state index >= 15 is 0 Å². The van der Waals surface area contributed by atoms with Crippen LogP contribution in [0.25, 0.3) is 0 Å². The molecule has 4 rings (SSSR count). The molecule has 1 saturated carbocycles. The number of carbonyl (C=O) groups excluding carboxylic acids is 1. The van der Waals surface area contributed by atoms with Gasteiger partial charge in [-0.3, -0.25) is 9.69 Å². The van der Waals surface area contributed by atoms with Gasteiger partial charge in [0.05, 0.1) is 5.56 Å². The fraction of sp³-hybridized carbons (Fsp3) is 0.519. The first-order valence-corrected chi connectivity index (χ1v) is 12.5. The van der Waals surface area contributed by atoms with Crippen molar-refractivity contribution in [1.29, 1.82) is 0 Å². The zero-order valence-corrected chi connectivity index (χ0v) is 20.0. The Morgan fingerprint density at radius 1 is 0.943 bits per heavy atom. The van der Waals surface area contributed by atoms with Gasteiger partial charge in [-0.25, -0.2) is 0 Å². The molecular formula is C27H34F3N3O2. The highest BCUT2D eigenvalue weighted by molar-refractivity contribution is 5.77. The molecule has 1 aliphatic carbocycles. The number of rotatable bonds is 8. The Hall–Kier alpha value is -2.74. The Morgan fingerprint density at radius 2 is 1.66 bits per heavy atom. The van der Waals surface area contributed by atoms with E-state index < -0.39 is 11.7 Å². The van der Waals surface area contributed by atoms with Gasteiger partial charge in [-0.15, -0.1) is 0 Å². The molecule has 1 heterocycles. The smallest absolute Gasteiger partial charge is 0.416 e. The number of ether oxygens (including phenoxy) is 1. The maximum absolute atomic E-state index is 13.0. The van der Waals surface area contributed by atoms with E-state index in [0.29, 0.717) is 17.4 Å². The molecular weight excluding hydrogens is 455 g/mol. The Bertz CT molecular complexity index is 938. The highest BCUT2D eigenvalue weighted by Crippen LogP contribution is 2.32. The molecule has 1 saturated heterocycles. The number of para-hydroxylation sites is 1. The molecule has 0 spiro atoms. The van der Waals surface area contributed by atoms with E-state index in [1.165, 1.54) is 12.1 Å². The van der Waals surface area contributed by atoms with E-state index in [1.54, 1.807) is 6.07 Å². The molecule has 0 aromatic heterocycles. The van der Waals surface area contributed by atoms with Crippen LogP contribution in [0.15, 0.2) is 54.6 Å². The van der Waals surface area contributed by atoms with Crippen molar-refractivity contribution in [2.45, 2.75) is 44.3 Å². The van der Waals surface area contributed by atoms with Crippen LogP contribution in [0.1, 0.15) is 37.7 Å². The second kappa shape index (κ2) is 11.8. The predicted molar refractivity (Wildman–Crippen MR) is 131 cm³/mol. The molecule has 1 N–H and O–H groups in total. The minimum absolute atomic E-state index is 0.0381. The monoisotopic (exact) mass is 489 g/mol. The van der Waals surface area contributed by atoms with E-state index in [9.17, 15) is 18.0 Å². The first-order chi connectivity index (χ1) is 16.9. The van der Waals surface area contributed by atoms with Gasteiger partial charge in [-0.2, -0.15) is 13.2 Å². The van der Waals surface area contributed by atoms with Gasteiger partial charge in [-0.1, -0.05) is 24.3 Å². The Balaban J connectivity index is 1.11. The summed E-state index contributed by atoms with van der Waals surface area (Å²) in [7, 11) is 0. The van der Waals surface area contributed by atoms with Gasteiger partial charge in [-0.05, 0) is 74.9 Å². The molecule has 0 bridgehead atoms. The lowest BCUT2D eigenvalue weighted by molar-refractivity contribution is -0.137. The summed E-state index contributed by atoms with van der Waals surface area (Å²) in [6, 6.07) is 15.2. The lowest BCUT2D eigenvalue weighted by Crippen LogP contribution is -2.47. The van der Waals surface area contributed by atoms with Gasteiger partial charge in [0.2, 0.25) is 0 Å². The summed E-state index contributed by atoms with van der Waals surface area (Å²) in [6.45, 7) is 4.27. The Kier molecular flexibility index (Phi) is 8.55. The summed E-state index contributed by atoms with van der Waals surface area (Å²) in [4.78, 5) is 16.7. The molecule has 0 atom stereocenters. The van der Waals surface area contributed by atoms with Gasteiger partial charge in [0.1, 0.15) is 5.75 Å². The van der Waals surface area contributed by atoms with Crippen LogP contribution >= 0.6 is 0 Å². The number of halogens is 3. The van der Waals surface area contributed by atoms with Crippen LogP contribution in [0, 0.1) is 5.92 Å². The van der Waals surface area contributed by atoms with E-state index in [-0.39, 0.29) is 18.6 Å². The van der Waals surface area contributed by atoms with Gasteiger partial charge in [0, 0.05) is 37.9 Å². The zero-order valence-electron chi connectivity index (χ0n) is 20.0. The van der Waals surface area contributed by atoms with Gasteiger partial charge < -0.3 is 15.0 Å². The number of hydrogen-bond acceptors (Lipinski definition) is 4. The van der Waals surface area contributed by atoms with Crippen molar-refractivity contribution < 1.29 is 22.7 Å². The van der Waals surface area contributed by atoms with E-state index in [4.69, 9.17) is 4.74 Å². The van der Waals surface area contributed by atoms with Crippen LogP contribution in [-0.4, -0.2) is 56.2 Å². The number of nitrogens with one attached hydrogen (secondary N) is 1. The van der Waals surface area contributed by atoms with Crippen LogP contribution in [0.5, 0.6) is 5.75 Å². The van der Waals surface area contributed by atoms with Crippen LogP contribution in [-0.2, 0) is 11.0 Å². The normalized spacial score (nSPS) is 21.5. The van der Waals surface area contributed by atoms with Crippen LogP contribution in [0.3, 0.4) is 0 Å². The molecule has 1 amide bonds. The van der Waals surface area contributed by atoms with E-state index in [2.05, 4.69) is 10.2 Å². The third-order valence-electron chi connectivity index (χ3n) is 7.09. The summed E-state index contributed by atoms with van der Waals surface area (Å²) >= 11 is 0. The Labute approximate surface area is 205 Å². The van der Waals surface area contributed by atoms with Gasteiger partial charge >= 0.3 is 6.18 Å². The summed E-state index contributed by atoms with van der Waals surface area (Å²) in [5, 5.41) is 3.10. The standard InChI is InChI=1S/C27H34F3N3O2/c28-27(29,30)22-5-4-6-24(19-22)33-17-15-32(16-18-33)14-13-21-9-11-23(12-10-21)31-26(34)20-35-25-7-2-1-3-8-25/h1-8,19,21,23H,9-18,20H2,(H,31,34). The maximum Gasteiger partial charge on any atom is 0.416 e.